The molecular weight excluding hydrogens is 340 g/mol. The lowest BCUT2D eigenvalue weighted by molar-refractivity contribution is -0.0927. The molecule has 2 aromatic rings. The van der Waals surface area contributed by atoms with Crippen molar-refractivity contribution in [3.05, 3.63) is 78.4 Å². The Kier molecular flexibility index (Phi) is 9.05. The molecule has 0 heterocycles. The highest BCUT2D eigenvalue weighted by molar-refractivity contribution is 5.26. The van der Waals surface area contributed by atoms with Crippen molar-refractivity contribution in [3.8, 4) is 5.75 Å². The highest BCUT2D eigenvalue weighted by Gasteiger charge is 2.22. The lowest BCUT2D eigenvalue weighted by Gasteiger charge is -2.26. The molecule has 1 N–H and O–H groups in total. The smallest absolute Gasteiger partial charge is 0.118 e. The Labute approximate surface area is 162 Å². The zero-order valence-corrected chi connectivity index (χ0v) is 16.2. The second-order valence-electron chi connectivity index (χ2n) is 6.61. The van der Waals surface area contributed by atoms with Crippen LogP contribution >= 0.6 is 0 Å². The van der Waals surface area contributed by atoms with Crippen LogP contribution in [0.1, 0.15) is 30.9 Å². The fourth-order valence-corrected chi connectivity index (χ4v) is 2.79. The fraction of sp³-hybridized carbons (Fsp3) is 0.391. The van der Waals surface area contributed by atoms with E-state index in [9.17, 15) is 5.11 Å². The normalized spacial score (nSPS) is 14.3. The summed E-state index contributed by atoms with van der Waals surface area (Å²) in [7, 11) is 1.65. The Morgan fingerprint density at radius 3 is 2.22 bits per heavy atom. The molecule has 2 aromatic carbocycles. The zero-order valence-electron chi connectivity index (χ0n) is 16.2. The van der Waals surface area contributed by atoms with Crippen LogP contribution in [-0.2, 0) is 22.7 Å². The van der Waals surface area contributed by atoms with Gasteiger partial charge in [0.05, 0.1) is 38.6 Å². The van der Waals surface area contributed by atoms with Gasteiger partial charge in [0.15, 0.2) is 0 Å². The van der Waals surface area contributed by atoms with Crippen LogP contribution in [0.3, 0.4) is 0 Å². The van der Waals surface area contributed by atoms with Crippen molar-refractivity contribution in [1.29, 1.82) is 0 Å². The summed E-state index contributed by atoms with van der Waals surface area (Å²) in [6.45, 7) is 6.65. The van der Waals surface area contributed by atoms with E-state index >= 15 is 0 Å². The highest BCUT2D eigenvalue weighted by Crippen LogP contribution is 2.18. The van der Waals surface area contributed by atoms with E-state index in [1.54, 1.807) is 13.2 Å². The zero-order chi connectivity index (χ0) is 19.5. The van der Waals surface area contributed by atoms with E-state index in [1.165, 1.54) is 0 Å². The maximum absolute atomic E-state index is 10.2. The Bertz CT molecular complexity index is 654. The topological polar surface area (TPSA) is 47.9 Å². The number of rotatable bonds is 12. The molecule has 27 heavy (non-hydrogen) atoms. The van der Waals surface area contributed by atoms with Crippen LogP contribution < -0.4 is 4.74 Å². The SMILES string of the molecule is C=CC[C@H](O)CC(OCc1ccc(OC)cc1)[C@@H](C)OCc1ccccc1. The Morgan fingerprint density at radius 1 is 0.963 bits per heavy atom. The van der Waals surface area contributed by atoms with Crippen LogP contribution in [0, 0.1) is 0 Å². The summed E-state index contributed by atoms with van der Waals surface area (Å²) < 4.78 is 17.3. The summed E-state index contributed by atoms with van der Waals surface area (Å²) in [6, 6.07) is 17.8. The number of methoxy groups -OCH3 is 1. The summed E-state index contributed by atoms with van der Waals surface area (Å²) in [5.74, 6) is 0.816. The molecule has 0 radical (unpaired) electrons. The van der Waals surface area contributed by atoms with Gasteiger partial charge in [-0.3, -0.25) is 0 Å². The number of aliphatic hydroxyl groups excluding tert-OH is 1. The van der Waals surface area contributed by atoms with Crippen LogP contribution in [0.5, 0.6) is 5.75 Å². The predicted molar refractivity (Wildman–Crippen MR) is 108 cm³/mol. The van der Waals surface area contributed by atoms with E-state index in [0.29, 0.717) is 26.1 Å². The molecule has 0 aliphatic carbocycles. The first kappa shape index (κ1) is 21.2. The van der Waals surface area contributed by atoms with Gasteiger partial charge in [0.2, 0.25) is 0 Å². The quantitative estimate of drug-likeness (QED) is 0.558. The number of hydrogen-bond donors (Lipinski definition) is 1. The summed E-state index contributed by atoms with van der Waals surface area (Å²) in [6.07, 6.45) is 1.90. The molecule has 1 unspecified atom stereocenters. The monoisotopic (exact) mass is 370 g/mol. The van der Waals surface area contributed by atoms with E-state index in [0.717, 1.165) is 16.9 Å². The van der Waals surface area contributed by atoms with Gasteiger partial charge in [-0.2, -0.15) is 0 Å². The maximum atomic E-state index is 10.2. The van der Waals surface area contributed by atoms with Crippen LogP contribution in [-0.4, -0.2) is 30.5 Å². The van der Waals surface area contributed by atoms with Gasteiger partial charge in [-0.1, -0.05) is 48.5 Å². The molecule has 2 rings (SSSR count). The van der Waals surface area contributed by atoms with E-state index in [-0.39, 0.29) is 12.2 Å². The van der Waals surface area contributed by atoms with Gasteiger partial charge in [-0.05, 0) is 36.6 Å². The number of benzene rings is 2. The largest absolute Gasteiger partial charge is 0.497 e. The number of aliphatic hydroxyl groups is 1. The van der Waals surface area contributed by atoms with E-state index in [1.807, 2.05) is 61.5 Å². The third-order valence-corrected chi connectivity index (χ3v) is 4.45. The molecule has 0 aliphatic heterocycles. The van der Waals surface area contributed by atoms with Crippen molar-refractivity contribution in [3.63, 3.8) is 0 Å². The first-order valence-corrected chi connectivity index (χ1v) is 9.31. The summed E-state index contributed by atoms with van der Waals surface area (Å²) in [4.78, 5) is 0. The Balaban J connectivity index is 1.94. The molecule has 0 amide bonds. The average molecular weight is 370 g/mol. The molecule has 4 nitrogen and oxygen atoms in total. The molecule has 0 aliphatic rings. The van der Waals surface area contributed by atoms with Gasteiger partial charge in [-0.25, -0.2) is 0 Å². The molecule has 0 aromatic heterocycles. The van der Waals surface area contributed by atoms with E-state index in [2.05, 4.69) is 6.58 Å². The van der Waals surface area contributed by atoms with Crippen LogP contribution in [0.2, 0.25) is 0 Å². The highest BCUT2D eigenvalue weighted by atomic mass is 16.5. The van der Waals surface area contributed by atoms with Crippen molar-refractivity contribution in [2.24, 2.45) is 0 Å². The fourth-order valence-electron chi connectivity index (χ4n) is 2.79. The molecule has 0 saturated carbocycles. The third kappa shape index (κ3) is 7.55. The second-order valence-corrected chi connectivity index (χ2v) is 6.61. The number of ether oxygens (including phenoxy) is 3. The first-order chi connectivity index (χ1) is 13.1. The van der Waals surface area contributed by atoms with Gasteiger partial charge in [-0.15, -0.1) is 6.58 Å². The van der Waals surface area contributed by atoms with Crippen molar-refractivity contribution < 1.29 is 19.3 Å². The lowest BCUT2D eigenvalue weighted by Crippen LogP contribution is -2.32. The van der Waals surface area contributed by atoms with Crippen LogP contribution in [0.15, 0.2) is 67.3 Å². The lowest BCUT2D eigenvalue weighted by atomic mass is 10.0. The maximum Gasteiger partial charge on any atom is 0.118 e. The van der Waals surface area contributed by atoms with Gasteiger partial charge >= 0.3 is 0 Å². The third-order valence-electron chi connectivity index (χ3n) is 4.45. The minimum atomic E-state index is -0.494. The summed E-state index contributed by atoms with van der Waals surface area (Å²) in [5.41, 5.74) is 2.17. The minimum absolute atomic E-state index is 0.150. The molecule has 0 bridgehead atoms. The molecule has 0 saturated heterocycles. The summed E-state index contributed by atoms with van der Waals surface area (Å²) in [5, 5.41) is 10.2. The summed E-state index contributed by atoms with van der Waals surface area (Å²) >= 11 is 0. The van der Waals surface area contributed by atoms with Crippen molar-refractivity contribution in [2.75, 3.05) is 7.11 Å². The van der Waals surface area contributed by atoms with Crippen molar-refractivity contribution in [2.45, 2.75) is 51.3 Å². The van der Waals surface area contributed by atoms with E-state index < -0.39 is 6.10 Å². The van der Waals surface area contributed by atoms with Gasteiger partial charge in [0, 0.05) is 6.42 Å². The molecule has 0 fully saturated rings. The molecule has 3 atom stereocenters. The minimum Gasteiger partial charge on any atom is -0.497 e. The van der Waals surface area contributed by atoms with Gasteiger partial charge in [0.25, 0.3) is 0 Å². The first-order valence-electron chi connectivity index (χ1n) is 9.31. The Morgan fingerprint density at radius 2 is 1.59 bits per heavy atom. The average Bonchev–Trinajstić information content (AvgIpc) is 2.70. The van der Waals surface area contributed by atoms with Crippen molar-refractivity contribution >= 4 is 0 Å². The van der Waals surface area contributed by atoms with Crippen molar-refractivity contribution in [1.82, 2.24) is 0 Å². The number of hydrogen-bond acceptors (Lipinski definition) is 4. The second kappa shape index (κ2) is 11.5. The van der Waals surface area contributed by atoms with Gasteiger partial charge < -0.3 is 19.3 Å². The molecule has 146 valence electrons. The Hall–Kier alpha value is -2.14. The van der Waals surface area contributed by atoms with Crippen LogP contribution in [0.25, 0.3) is 0 Å². The molecular formula is C23H30O4. The predicted octanol–water partition coefficient (Wildman–Crippen LogP) is 4.51. The standard InChI is InChI=1S/C23H30O4/c1-4-8-21(24)15-23(18(2)26-16-19-9-6-5-7-10-19)27-17-20-11-13-22(25-3)14-12-20/h4-7,9-14,18,21,23-24H,1,8,15-17H2,2-3H3/t18-,21+,23?/m1/s1. The van der Waals surface area contributed by atoms with Crippen LogP contribution in [0.4, 0.5) is 0 Å². The molecule has 4 heteroatoms. The van der Waals surface area contributed by atoms with E-state index in [4.69, 9.17) is 14.2 Å². The van der Waals surface area contributed by atoms with Gasteiger partial charge in [0.1, 0.15) is 5.75 Å². The molecule has 0 spiro atoms.